The number of hydrogen-bond acceptors (Lipinski definition) is 3. The molecule has 0 saturated carbocycles. The quantitative estimate of drug-likeness (QED) is 0.795. The number of ketones is 1. The lowest BCUT2D eigenvalue weighted by atomic mass is 9.76. The predicted molar refractivity (Wildman–Crippen MR) is 85.9 cm³/mol. The van der Waals surface area contributed by atoms with Crippen LogP contribution in [0, 0.1) is 5.92 Å². The molecule has 0 unspecified atom stereocenters. The van der Waals surface area contributed by atoms with Gasteiger partial charge in [-0.3, -0.25) is 4.79 Å². The summed E-state index contributed by atoms with van der Waals surface area (Å²) in [5.41, 5.74) is 0.108. The molecule has 5 heteroatoms. The smallest absolute Gasteiger partial charge is 0.387 e. The second kappa shape index (κ2) is 7.39. The van der Waals surface area contributed by atoms with Crippen LogP contribution in [0.4, 0.5) is 8.78 Å². The Bertz CT molecular complexity index is 546. The summed E-state index contributed by atoms with van der Waals surface area (Å²) >= 11 is 0. The van der Waals surface area contributed by atoms with Crippen molar-refractivity contribution in [1.29, 1.82) is 0 Å². The zero-order valence-corrected chi connectivity index (χ0v) is 14.0. The molecule has 3 nitrogen and oxygen atoms in total. The largest absolute Gasteiger partial charge is 0.435 e. The Morgan fingerprint density at radius 1 is 1.39 bits per heavy atom. The van der Waals surface area contributed by atoms with Gasteiger partial charge in [0.2, 0.25) is 0 Å². The molecule has 1 aromatic carbocycles. The van der Waals surface area contributed by atoms with E-state index in [4.69, 9.17) is 0 Å². The highest BCUT2D eigenvalue weighted by atomic mass is 19.3. The van der Waals surface area contributed by atoms with E-state index in [1.165, 1.54) is 6.07 Å². The maximum Gasteiger partial charge on any atom is 0.387 e. The average Bonchev–Trinajstić information content (AvgIpc) is 2.46. The van der Waals surface area contributed by atoms with E-state index in [2.05, 4.69) is 9.64 Å². The van der Waals surface area contributed by atoms with Crippen molar-refractivity contribution in [2.24, 2.45) is 5.92 Å². The van der Waals surface area contributed by atoms with E-state index in [0.29, 0.717) is 12.0 Å². The second-order valence-electron chi connectivity index (χ2n) is 7.00. The summed E-state index contributed by atoms with van der Waals surface area (Å²) in [6.45, 7) is 2.76. The van der Waals surface area contributed by atoms with E-state index in [9.17, 15) is 13.6 Å². The molecule has 1 aromatic rings. The summed E-state index contributed by atoms with van der Waals surface area (Å²) < 4.78 is 29.8. The zero-order chi connectivity index (χ0) is 17.0. The molecule has 0 spiro atoms. The third-order valence-electron chi connectivity index (χ3n) is 4.53. The molecule has 0 aliphatic carbocycles. The Labute approximate surface area is 136 Å². The predicted octanol–water partition coefficient (Wildman–Crippen LogP) is 3.87. The monoisotopic (exact) mass is 325 g/mol. The molecule has 1 fully saturated rings. The molecule has 1 aliphatic heterocycles. The molecule has 2 rings (SSSR count). The van der Waals surface area contributed by atoms with Gasteiger partial charge in [-0.05, 0) is 32.5 Å². The molecule has 0 bridgehead atoms. The van der Waals surface area contributed by atoms with Crippen molar-refractivity contribution < 1.29 is 18.3 Å². The fraction of sp³-hybridized carbons (Fsp3) is 0.611. The number of carbonyl (C=O) groups is 1. The van der Waals surface area contributed by atoms with Gasteiger partial charge in [-0.25, -0.2) is 0 Å². The first kappa shape index (κ1) is 17.9. The minimum Gasteiger partial charge on any atom is -0.435 e. The average molecular weight is 325 g/mol. The van der Waals surface area contributed by atoms with Gasteiger partial charge < -0.3 is 9.64 Å². The number of hydrogen-bond donors (Lipinski definition) is 0. The lowest BCUT2D eigenvalue weighted by Gasteiger charge is -2.32. The molecule has 1 saturated heterocycles. The Hall–Kier alpha value is -1.49. The van der Waals surface area contributed by atoms with Crippen molar-refractivity contribution in [3.05, 3.63) is 29.8 Å². The van der Waals surface area contributed by atoms with Gasteiger partial charge >= 0.3 is 6.61 Å². The summed E-state index contributed by atoms with van der Waals surface area (Å²) in [7, 11) is 2.02. The minimum atomic E-state index is -2.87. The Balaban J connectivity index is 2.13. The van der Waals surface area contributed by atoms with Crippen LogP contribution in [0.15, 0.2) is 24.3 Å². The maximum atomic E-state index is 12.7. The third-order valence-corrected chi connectivity index (χ3v) is 4.53. The molecule has 23 heavy (non-hydrogen) atoms. The van der Waals surface area contributed by atoms with Gasteiger partial charge in [0.25, 0.3) is 0 Å². The molecule has 0 aromatic heterocycles. The van der Waals surface area contributed by atoms with Crippen LogP contribution in [0.2, 0.25) is 0 Å². The maximum absolute atomic E-state index is 12.7. The van der Waals surface area contributed by atoms with Crippen molar-refractivity contribution in [3.8, 4) is 5.75 Å². The van der Waals surface area contributed by atoms with Crippen LogP contribution < -0.4 is 4.74 Å². The van der Waals surface area contributed by atoms with Crippen molar-refractivity contribution in [1.82, 2.24) is 4.90 Å². The van der Waals surface area contributed by atoms with Crippen molar-refractivity contribution in [2.75, 3.05) is 20.1 Å². The molecule has 0 amide bonds. The third kappa shape index (κ3) is 4.74. The van der Waals surface area contributed by atoms with Crippen LogP contribution in [0.3, 0.4) is 0 Å². The van der Waals surface area contributed by atoms with Gasteiger partial charge in [-0.15, -0.1) is 0 Å². The fourth-order valence-electron chi connectivity index (χ4n) is 3.33. The van der Waals surface area contributed by atoms with E-state index in [1.54, 1.807) is 18.2 Å². The summed E-state index contributed by atoms with van der Waals surface area (Å²) in [6.07, 6.45) is 2.27. The van der Waals surface area contributed by atoms with Crippen LogP contribution in [-0.4, -0.2) is 37.4 Å². The number of rotatable bonds is 6. The lowest BCUT2D eigenvalue weighted by Crippen LogP contribution is -2.38. The molecular formula is C18H25F2NO2. The van der Waals surface area contributed by atoms with Gasteiger partial charge in [-0.2, -0.15) is 8.78 Å². The van der Waals surface area contributed by atoms with E-state index in [-0.39, 0.29) is 17.5 Å². The molecule has 1 heterocycles. The molecule has 1 atom stereocenters. The Kier molecular flexibility index (Phi) is 5.74. The first-order valence-electron chi connectivity index (χ1n) is 8.05. The van der Waals surface area contributed by atoms with Crippen molar-refractivity contribution in [3.63, 3.8) is 0 Å². The van der Waals surface area contributed by atoms with Crippen LogP contribution in [-0.2, 0) is 10.2 Å². The standard InChI is InChI=1S/C18H25F2NO2/c1-18(2,11-15(22)13-7-6-10-21(3)12-13)14-8-4-5-9-16(14)23-17(19)20/h4-5,8-9,13,17H,6-7,10-12H2,1-3H3/t13-/m0/s1. The second-order valence-corrected chi connectivity index (χ2v) is 7.00. The van der Waals surface area contributed by atoms with E-state index in [0.717, 1.165) is 25.9 Å². The number of ether oxygens (including phenoxy) is 1. The number of benzene rings is 1. The number of nitrogens with zero attached hydrogens (tertiary/aromatic N) is 1. The number of carbonyl (C=O) groups excluding carboxylic acids is 1. The number of halogens is 2. The Morgan fingerprint density at radius 3 is 2.74 bits per heavy atom. The van der Waals surface area contributed by atoms with Gasteiger partial charge in [0.05, 0.1) is 0 Å². The highest BCUT2D eigenvalue weighted by Crippen LogP contribution is 2.36. The van der Waals surface area contributed by atoms with Gasteiger partial charge in [0.15, 0.2) is 0 Å². The number of likely N-dealkylation sites (tertiary alicyclic amines) is 1. The molecule has 128 valence electrons. The Morgan fingerprint density at radius 2 is 2.09 bits per heavy atom. The number of alkyl halides is 2. The van der Waals surface area contributed by atoms with Crippen molar-refractivity contribution in [2.45, 2.75) is 45.1 Å². The van der Waals surface area contributed by atoms with Crippen LogP contribution >= 0.6 is 0 Å². The number of para-hydroxylation sites is 1. The van der Waals surface area contributed by atoms with E-state index in [1.807, 2.05) is 20.9 Å². The number of piperidine rings is 1. The topological polar surface area (TPSA) is 29.5 Å². The summed E-state index contributed by atoms with van der Waals surface area (Å²) in [6, 6.07) is 6.74. The van der Waals surface area contributed by atoms with Crippen molar-refractivity contribution >= 4 is 5.78 Å². The summed E-state index contributed by atoms with van der Waals surface area (Å²) in [5, 5.41) is 0. The first-order valence-corrected chi connectivity index (χ1v) is 8.05. The van der Waals surface area contributed by atoms with E-state index < -0.39 is 12.0 Å². The van der Waals surface area contributed by atoms with E-state index >= 15 is 0 Å². The fourth-order valence-corrected chi connectivity index (χ4v) is 3.33. The highest BCUT2D eigenvalue weighted by molar-refractivity contribution is 5.82. The summed E-state index contributed by atoms with van der Waals surface area (Å²) in [5.74, 6) is 0.394. The zero-order valence-electron chi connectivity index (χ0n) is 14.0. The normalized spacial score (nSPS) is 19.8. The minimum absolute atomic E-state index is 0.0382. The molecule has 1 aliphatic rings. The van der Waals surface area contributed by atoms with Crippen LogP contribution in [0.5, 0.6) is 5.75 Å². The molecular weight excluding hydrogens is 300 g/mol. The van der Waals surface area contributed by atoms with Gasteiger partial charge in [0.1, 0.15) is 11.5 Å². The van der Waals surface area contributed by atoms with Crippen LogP contribution in [0.1, 0.15) is 38.7 Å². The van der Waals surface area contributed by atoms with Crippen LogP contribution in [0.25, 0.3) is 0 Å². The molecule has 0 radical (unpaired) electrons. The van der Waals surface area contributed by atoms with Gasteiger partial charge in [-0.1, -0.05) is 32.0 Å². The number of Topliss-reactive ketones (excluding diaryl/α,β-unsaturated/α-hetero) is 1. The van der Waals surface area contributed by atoms with Gasteiger partial charge in [0, 0.05) is 29.9 Å². The SMILES string of the molecule is CN1CCC[C@H](C(=O)CC(C)(C)c2ccccc2OC(F)F)C1. The lowest BCUT2D eigenvalue weighted by molar-refractivity contribution is -0.125. The first-order chi connectivity index (χ1) is 10.8. The summed E-state index contributed by atoms with van der Waals surface area (Å²) in [4.78, 5) is 14.8. The highest BCUT2D eigenvalue weighted by Gasteiger charge is 2.32. The molecule has 0 N–H and O–H groups in total.